The van der Waals surface area contributed by atoms with E-state index in [1.54, 1.807) is 12.1 Å². The number of aliphatic hydroxyl groups excluding tert-OH is 1. The highest BCUT2D eigenvalue weighted by molar-refractivity contribution is 5.37. The summed E-state index contributed by atoms with van der Waals surface area (Å²) in [5.41, 5.74) is 1.04. The highest BCUT2D eigenvalue weighted by Gasteiger charge is 2.04. The minimum Gasteiger partial charge on any atom is -0.457 e. The number of aliphatic hydroxyl groups is 1. The van der Waals surface area contributed by atoms with Gasteiger partial charge in [0.2, 0.25) is 0 Å². The van der Waals surface area contributed by atoms with Crippen molar-refractivity contribution in [2.45, 2.75) is 12.8 Å². The first-order chi connectivity index (χ1) is 8.79. The lowest BCUT2D eigenvalue weighted by molar-refractivity contribution is 0.288. The third-order valence-electron chi connectivity index (χ3n) is 2.62. The Labute approximate surface area is 106 Å². The van der Waals surface area contributed by atoms with E-state index in [4.69, 9.17) is 9.84 Å². The highest BCUT2D eigenvalue weighted by atomic mass is 19.1. The van der Waals surface area contributed by atoms with Gasteiger partial charge in [-0.2, -0.15) is 0 Å². The summed E-state index contributed by atoms with van der Waals surface area (Å²) in [5, 5.41) is 8.86. The molecular weight excluding hydrogens is 231 g/mol. The molecule has 2 aromatic carbocycles. The Morgan fingerprint density at radius 3 is 2.44 bits per heavy atom. The van der Waals surface area contributed by atoms with Crippen LogP contribution in [-0.4, -0.2) is 11.7 Å². The van der Waals surface area contributed by atoms with Crippen molar-refractivity contribution in [2.24, 2.45) is 0 Å². The molecule has 0 aliphatic heterocycles. The monoisotopic (exact) mass is 246 g/mol. The predicted molar refractivity (Wildman–Crippen MR) is 68.3 cm³/mol. The molecule has 0 aliphatic rings. The first kappa shape index (κ1) is 12.6. The fraction of sp³-hybridized carbons (Fsp3) is 0.200. The lowest BCUT2D eigenvalue weighted by Gasteiger charge is -2.10. The Bertz CT molecular complexity index is 494. The van der Waals surface area contributed by atoms with E-state index in [0.717, 1.165) is 17.7 Å². The Hall–Kier alpha value is -1.87. The van der Waals surface area contributed by atoms with Gasteiger partial charge in [-0.15, -0.1) is 0 Å². The summed E-state index contributed by atoms with van der Waals surface area (Å²) in [5.74, 6) is 1.07. The molecule has 0 spiro atoms. The lowest BCUT2D eigenvalue weighted by Crippen LogP contribution is -1.94. The topological polar surface area (TPSA) is 29.5 Å². The minimum absolute atomic E-state index is 0.158. The quantitative estimate of drug-likeness (QED) is 0.874. The maximum absolute atomic E-state index is 12.8. The molecule has 0 aromatic heterocycles. The van der Waals surface area contributed by atoms with Crippen molar-refractivity contribution in [2.75, 3.05) is 6.61 Å². The van der Waals surface area contributed by atoms with Crippen molar-refractivity contribution in [1.82, 2.24) is 0 Å². The molecule has 2 nitrogen and oxygen atoms in total. The van der Waals surface area contributed by atoms with Crippen LogP contribution in [-0.2, 0) is 6.42 Å². The van der Waals surface area contributed by atoms with Crippen LogP contribution in [0.2, 0.25) is 0 Å². The number of rotatable bonds is 5. The maximum atomic E-state index is 12.8. The summed E-state index contributed by atoms with van der Waals surface area (Å²) in [6, 6.07) is 13.6. The van der Waals surface area contributed by atoms with Gasteiger partial charge in [-0.25, -0.2) is 4.39 Å². The van der Waals surface area contributed by atoms with Gasteiger partial charge in [-0.3, -0.25) is 0 Å². The Morgan fingerprint density at radius 1 is 1.00 bits per heavy atom. The van der Waals surface area contributed by atoms with Crippen LogP contribution in [0.5, 0.6) is 11.5 Å². The predicted octanol–water partition coefficient (Wildman–Crippen LogP) is 3.54. The number of benzene rings is 2. The van der Waals surface area contributed by atoms with Crippen molar-refractivity contribution in [1.29, 1.82) is 0 Å². The number of halogens is 1. The fourth-order valence-corrected chi connectivity index (χ4v) is 1.71. The summed E-state index contributed by atoms with van der Waals surface area (Å²) in [6.45, 7) is 0.158. The molecule has 0 amide bonds. The van der Waals surface area contributed by atoms with Crippen LogP contribution < -0.4 is 4.74 Å². The first-order valence-corrected chi connectivity index (χ1v) is 5.92. The van der Waals surface area contributed by atoms with Crippen LogP contribution >= 0.6 is 0 Å². The van der Waals surface area contributed by atoms with E-state index in [1.807, 2.05) is 24.3 Å². The van der Waals surface area contributed by atoms with Gasteiger partial charge < -0.3 is 9.84 Å². The molecule has 94 valence electrons. The number of aryl methyl sites for hydroxylation is 1. The molecule has 0 unspecified atom stereocenters. The summed E-state index contributed by atoms with van der Waals surface area (Å²) < 4.78 is 18.5. The smallest absolute Gasteiger partial charge is 0.130 e. The van der Waals surface area contributed by atoms with Gasteiger partial charge >= 0.3 is 0 Å². The van der Waals surface area contributed by atoms with E-state index in [2.05, 4.69) is 0 Å². The summed E-state index contributed by atoms with van der Waals surface area (Å²) in [6.07, 6.45) is 1.46. The number of ether oxygens (including phenoxy) is 1. The SMILES string of the molecule is OCCCc1ccccc1Oc1ccc(F)cc1. The van der Waals surface area contributed by atoms with Crippen LogP contribution in [0.15, 0.2) is 48.5 Å². The average Bonchev–Trinajstić information content (AvgIpc) is 2.40. The van der Waals surface area contributed by atoms with Crippen molar-refractivity contribution in [3.63, 3.8) is 0 Å². The first-order valence-electron chi connectivity index (χ1n) is 5.92. The molecule has 0 aliphatic carbocycles. The van der Waals surface area contributed by atoms with E-state index in [9.17, 15) is 4.39 Å². The molecule has 18 heavy (non-hydrogen) atoms. The standard InChI is InChI=1S/C15H15FO2/c16-13-7-9-14(10-8-13)18-15-6-2-1-4-12(15)5-3-11-17/h1-2,4,6-10,17H,3,5,11H2. The van der Waals surface area contributed by atoms with E-state index >= 15 is 0 Å². The summed E-state index contributed by atoms with van der Waals surface area (Å²) >= 11 is 0. The molecule has 0 fully saturated rings. The van der Waals surface area contributed by atoms with Gasteiger partial charge in [-0.05, 0) is 48.7 Å². The van der Waals surface area contributed by atoms with E-state index in [0.29, 0.717) is 12.2 Å². The molecule has 0 atom stereocenters. The van der Waals surface area contributed by atoms with Gasteiger partial charge in [0.1, 0.15) is 17.3 Å². The number of para-hydroxylation sites is 1. The second-order valence-electron chi connectivity index (χ2n) is 3.99. The van der Waals surface area contributed by atoms with Crippen LogP contribution in [0.25, 0.3) is 0 Å². The van der Waals surface area contributed by atoms with Crippen molar-refractivity contribution in [3.05, 3.63) is 59.9 Å². The molecular formula is C15H15FO2. The van der Waals surface area contributed by atoms with Crippen molar-refractivity contribution < 1.29 is 14.2 Å². The Kier molecular flexibility index (Phi) is 4.31. The summed E-state index contributed by atoms with van der Waals surface area (Å²) in [7, 11) is 0. The second kappa shape index (κ2) is 6.17. The lowest BCUT2D eigenvalue weighted by atomic mass is 10.1. The van der Waals surface area contributed by atoms with E-state index < -0.39 is 0 Å². The zero-order chi connectivity index (χ0) is 12.8. The number of hydrogen-bond donors (Lipinski definition) is 1. The third-order valence-corrected chi connectivity index (χ3v) is 2.62. The maximum Gasteiger partial charge on any atom is 0.130 e. The molecule has 3 heteroatoms. The van der Waals surface area contributed by atoms with Gasteiger partial charge in [0.15, 0.2) is 0 Å². The van der Waals surface area contributed by atoms with Crippen molar-refractivity contribution >= 4 is 0 Å². The molecule has 2 aromatic rings. The van der Waals surface area contributed by atoms with Gasteiger partial charge in [0.25, 0.3) is 0 Å². The highest BCUT2D eigenvalue weighted by Crippen LogP contribution is 2.26. The minimum atomic E-state index is -0.282. The second-order valence-corrected chi connectivity index (χ2v) is 3.99. The van der Waals surface area contributed by atoms with Gasteiger partial charge in [0.05, 0.1) is 0 Å². The zero-order valence-electron chi connectivity index (χ0n) is 9.97. The van der Waals surface area contributed by atoms with Crippen molar-refractivity contribution in [3.8, 4) is 11.5 Å². The molecule has 0 saturated heterocycles. The van der Waals surface area contributed by atoms with Crippen LogP contribution in [0, 0.1) is 5.82 Å². The average molecular weight is 246 g/mol. The molecule has 0 bridgehead atoms. The van der Waals surface area contributed by atoms with Crippen LogP contribution in [0.4, 0.5) is 4.39 Å². The van der Waals surface area contributed by atoms with Gasteiger partial charge in [-0.1, -0.05) is 18.2 Å². The van der Waals surface area contributed by atoms with Crippen LogP contribution in [0.3, 0.4) is 0 Å². The molecule has 0 saturated carbocycles. The number of hydrogen-bond acceptors (Lipinski definition) is 2. The Morgan fingerprint density at radius 2 is 1.72 bits per heavy atom. The molecule has 1 N–H and O–H groups in total. The molecule has 0 heterocycles. The zero-order valence-corrected chi connectivity index (χ0v) is 9.97. The largest absolute Gasteiger partial charge is 0.457 e. The van der Waals surface area contributed by atoms with E-state index in [1.165, 1.54) is 12.1 Å². The van der Waals surface area contributed by atoms with E-state index in [-0.39, 0.29) is 12.4 Å². The molecule has 0 radical (unpaired) electrons. The normalized spacial score (nSPS) is 10.3. The summed E-state index contributed by atoms with van der Waals surface area (Å²) in [4.78, 5) is 0. The fourth-order valence-electron chi connectivity index (χ4n) is 1.71. The van der Waals surface area contributed by atoms with Gasteiger partial charge in [0, 0.05) is 6.61 Å². The van der Waals surface area contributed by atoms with Crippen LogP contribution in [0.1, 0.15) is 12.0 Å². The Balaban J connectivity index is 2.15. The molecule has 2 rings (SSSR count). The third kappa shape index (κ3) is 3.31.